The Kier molecular flexibility index (Phi) is 6.50. The van der Waals surface area contributed by atoms with E-state index >= 15 is 0 Å². The number of hydrogen-bond acceptors (Lipinski definition) is 8. The standard InChI is InChI=1S/C25H26N6O2S2/c1-4-17-18(5-2)35-25-21(24(33)27-15-20-26-9-14-34-20)22(32)16-7-8-19(28-23(16)31(17)25)30-11-6-10-29(3)12-13-30/h4-5,7-9,14H,1-2,6,10-13,15H2,3H3,(H,27,33). The lowest BCUT2D eigenvalue weighted by Gasteiger charge is -2.22. The predicted molar refractivity (Wildman–Crippen MR) is 145 cm³/mol. The monoisotopic (exact) mass is 506 g/mol. The van der Waals surface area contributed by atoms with E-state index in [1.165, 1.54) is 22.7 Å². The largest absolute Gasteiger partial charge is 0.355 e. The molecule has 0 unspecified atom stereocenters. The number of anilines is 1. The van der Waals surface area contributed by atoms with Crippen LogP contribution in [0, 0.1) is 0 Å². The molecule has 1 aliphatic rings. The summed E-state index contributed by atoms with van der Waals surface area (Å²) in [6, 6.07) is 3.67. The molecule has 10 heteroatoms. The van der Waals surface area contributed by atoms with Crippen molar-refractivity contribution < 1.29 is 4.79 Å². The summed E-state index contributed by atoms with van der Waals surface area (Å²) in [4.78, 5) is 42.0. The first-order valence-electron chi connectivity index (χ1n) is 11.4. The SMILES string of the molecule is C=Cc1sc2c(C(=O)NCc3nccs3)c(=O)c3ccc(N4CCCN(C)CC4)nc3n2c1C=C. The van der Waals surface area contributed by atoms with E-state index in [1.807, 2.05) is 15.8 Å². The van der Waals surface area contributed by atoms with Crippen molar-refractivity contribution in [3.63, 3.8) is 0 Å². The first kappa shape index (κ1) is 23.4. The predicted octanol–water partition coefficient (Wildman–Crippen LogP) is 3.72. The Morgan fingerprint density at radius 1 is 1.20 bits per heavy atom. The number of pyridine rings is 2. The Bertz CT molecular complexity index is 1490. The Balaban J connectivity index is 1.68. The second-order valence-electron chi connectivity index (χ2n) is 8.40. The maximum atomic E-state index is 13.6. The molecule has 1 amide bonds. The minimum Gasteiger partial charge on any atom is -0.355 e. The maximum Gasteiger partial charge on any atom is 0.258 e. The van der Waals surface area contributed by atoms with Gasteiger partial charge in [-0.3, -0.25) is 14.0 Å². The van der Waals surface area contributed by atoms with E-state index in [9.17, 15) is 9.59 Å². The summed E-state index contributed by atoms with van der Waals surface area (Å²) >= 11 is 2.79. The number of amides is 1. The smallest absolute Gasteiger partial charge is 0.258 e. The molecule has 0 radical (unpaired) electrons. The molecule has 0 aliphatic carbocycles. The first-order chi connectivity index (χ1) is 17.0. The van der Waals surface area contributed by atoms with Crippen LogP contribution in [0.25, 0.3) is 28.0 Å². The van der Waals surface area contributed by atoms with Crippen molar-refractivity contribution in [3.8, 4) is 0 Å². The Labute approximate surface area is 210 Å². The second kappa shape index (κ2) is 9.73. The molecule has 0 spiro atoms. The van der Waals surface area contributed by atoms with Crippen LogP contribution in [-0.2, 0) is 6.54 Å². The molecule has 1 aliphatic heterocycles. The topological polar surface area (TPSA) is 82.8 Å². The molecule has 1 fully saturated rings. The molecule has 1 saturated heterocycles. The van der Waals surface area contributed by atoms with E-state index in [0.29, 0.717) is 15.9 Å². The summed E-state index contributed by atoms with van der Waals surface area (Å²) in [5, 5.41) is 5.87. The minimum atomic E-state index is -0.434. The molecule has 0 bridgehead atoms. The van der Waals surface area contributed by atoms with Gasteiger partial charge in [-0.15, -0.1) is 22.7 Å². The molecule has 0 saturated carbocycles. The average molecular weight is 507 g/mol. The number of carbonyl (C=O) groups excluding carboxylic acids is 1. The third-order valence-electron chi connectivity index (χ3n) is 6.19. The van der Waals surface area contributed by atoms with Crippen molar-refractivity contribution in [2.45, 2.75) is 13.0 Å². The van der Waals surface area contributed by atoms with E-state index in [-0.39, 0.29) is 17.5 Å². The molecule has 0 aromatic carbocycles. The number of fused-ring (bicyclic) bond motifs is 3. The summed E-state index contributed by atoms with van der Waals surface area (Å²) in [6.07, 6.45) is 6.17. The average Bonchev–Trinajstić information content (AvgIpc) is 3.46. The van der Waals surface area contributed by atoms with Gasteiger partial charge in [0.25, 0.3) is 5.91 Å². The summed E-state index contributed by atoms with van der Waals surface area (Å²) < 4.78 is 1.87. The lowest BCUT2D eigenvalue weighted by atomic mass is 10.1. The van der Waals surface area contributed by atoms with E-state index in [2.05, 4.69) is 40.3 Å². The van der Waals surface area contributed by atoms with Gasteiger partial charge in [-0.2, -0.15) is 0 Å². The van der Waals surface area contributed by atoms with Gasteiger partial charge in [0.2, 0.25) is 5.43 Å². The number of rotatable bonds is 6. The molecule has 35 heavy (non-hydrogen) atoms. The molecular formula is C25H26N6O2S2. The van der Waals surface area contributed by atoms with Crippen LogP contribution in [0.5, 0.6) is 0 Å². The normalized spacial score (nSPS) is 14.8. The van der Waals surface area contributed by atoms with E-state index < -0.39 is 5.91 Å². The Morgan fingerprint density at radius 3 is 2.80 bits per heavy atom. The zero-order valence-electron chi connectivity index (χ0n) is 19.5. The molecule has 5 rings (SSSR count). The fourth-order valence-electron chi connectivity index (χ4n) is 4.39. The quantitative estimate of drug-likeness (QED) is 0.429. The van der Waals surface area contributed by atoms with Crippen LogP contribution >= 0.6 is 22.7 Å². The van der Waals surface area contributed by atoms with E-state index in [0.717, 1.165) is 54.0 Å². The van der Waals surface area contributed by atoms with Crippen molar-refractivity contribution in [1.29, 1.82) is 0 Å². The van der Waals surface area contributed by atoms with Crippen molar-refractivity contribution in [2.24, 2.45) is 0 Å². The molecule has 8 nitrogen and oxygen atoms in total. The summed E-state index contributed by atoms with van der Waals surface area (Å²) in [5.41, 5.74) is 1.05. The maximum absolute atomic E-state index is 13.6. The van der Waals surface area contributed by atoms with Gasteiger partial charge in [0.05, 0.1) is 22.5 Å². The first-order valence-corrected chi connectivity index (χ1v) is 13.1. The van der Waals surface area contributed by atoms with Crippen LogP contribution in [0.4, 0.5) is 5.82 Å². The number of nitrogens with zero attached hydrogens (tertiary/aromatic N) is 5. The van der Waals surface area contributed by atoms with Crippen molar-refractivity contribution in [2.75, 3.05) is 38.1 Å². The molecule has 0 atom stereocenters. The highest BCUT2D eigenvalue weighted by molar-refractivity contribution is 7.19. The zero-order chi connectivity index (χ0) is 24.5. The zero-order valence-corrected chi connectivity index (χ0v) is 21.1. The van der Waals surface area contributed by atoms with Crippen LogP contribution < -0.4 is 15.6 Å². The molecule has 180 valence electrons. The number of likely N-dealkylation sites (N-methyl/N-ethyl adjacent to an activating group) is 1. The Morgan fingerprint density at radius 2 is 2.06 bits per heavy atom. The van der Waals surface area contributed by atoms with Crippen molar-refractivity contribution in [3.05, 3.63) is 68.2 Å². The van der Waals surface area contributed by atoms with Gasteiger partial charge >= 0.3 is 0 Å². The van der Waals surface area contributed by atoms with E-state index in [4.69, 9.17) is 4.98 Å². The van der Waals surface area contributed by atoms with E-state index in [1.54, 1.807) is 24.4 Å². The van der Waals surface area contributed by atoms with Gasteiger partial charge in [-0.1, -0.05) is 13.2 Å². The number of thiazole rings is 2. The van der Waals surface area contributed by atoms with Crippen LogP contribution in [0.3, 0.4) is 0 Å². The van der Waals surface area contributed by atoms with Gasteiger partial charge in [-0.05, 0) is 44.3 Å². The van der Waals surface area contributed by atoms with Gasteiger partial charge in [0.15, 0.2) is 5.65 Å². The lowest BCUT2D eigenvalue weighted by molar-refractivity contribution is 0.0951. The minimum absolute atomic E-state index is 0.0983. The van der Waals surface area contributed by atoms with Gasteiger partial charge in [-0.25, -0.2) is 9.97 Å². The van der Waals surface area contributed by atoms with Crippen LogP contribution in [-0.4, -0.2) is 58.4 Å². The molecule has 4 aromatic heterocycles. The lowest BCUT2D eigenvalue weighted by Crippen LogP contribution is -2.30. The van der Waals surface area contributed by atoms with Crippen LogP contribution in [0.2, 0.25) is 0 Å². The summed E-state index contributed by atoms with van der Waals surface area (Å²) in [6.45, 7) is 11.9. The number of hydrogen-bond donors (Lipinski definition) is 1. The molecular weight excluding hydrogens is 480 g/mol. The second-order valence-corrected chi connectivity index (χ2v) is 10.4. The Hall–Kier alpha value is -3.34. The highest BCUT2D eigenvalue weighted by Gasteiger charge is 2.24. The number of nitrogens with one attached hydrogen (secondary N) is 1. The van der Waals surface area contributed by atoms with Crippen LogP contribution in [0.1, 0.15) is 32.4 Å². The fraction of sp³-hybridized carbons (Fsp3) is 0.280. The third-order valence-corrected chi connectivity index (χ3v) is 8.15. The molecule has 4 aromatic rings. The number of aromatic nitrogens is 3. The van der Waals surface area contributed by atoms with Crippen molar-refractivity contribution in [1.82, 2.24) is 24.6 Å². The van der Waals surface area contributed by atoms with Gasteiger partial charge < -0.3 is 15.1 Å². The highest BCUT2D eigenvalue weighted by Crippen LogP contribution is 2.31. The highest BCUT2D eigenvalue weighted by atomic mass is 32.1. The summed E-state index contributed by atoms with van der Waals surface area (Å²) in [7, 11) is 2.13. The van der Waals surface area contributed by atoms with Crippen molar-refractivity contribution >= 4 is 62.4 Å². The molecule has 1 N–H and O–H groups in total. The van der Waals surface area contributed by atoms with Crippen LogP contribution in [0.15, 0.2) is 41.7 Å². The number of carbonyl (C=O) groups is 1. The summed E-state index contributed by atoms with van der Waals surface area (Å²) in [5.74, 6) is 0.389. The fourth-order valence-corrected chi connectivity index (χ4v) is 6.08. The third kappa shape index (κ3) is 4.29. The molecule has 5 heterocycles. The van der Waals surface area contributed by atoms with Gasteiger partial charge in [0.1, 0.15) is 21.2 Å². The van der Waals surface area contributed by atoms with Gasteiger partial charge in [0, 0.05) is 31.2 Å².